The highest BCUT2D eigenvalue weighted by molar-refractivity contribution is 7.91. The Balaban J connectivity index is 0.00000112. The Bertz CT molecular complexity index is 534. The van der Waals surface area contributed by atoms with Crippen LogP contribution in [0.1, 0.15) is 17.2 Å². The van der Waals surface area contributed by atoms with E-state index in [1.165, 1.54) is 6.07 Å². The van der Waals surface area contributed by atoms with Gasteiger partial charge in [-0.05, 0) is 17.7 Å². The van der Waals surface area contributed by atoms with Gasteiger partial charge in [0.2, 0.25) is 0 Å². The summed E-state index contributed by atoms with van der Waals surface area (Å²) < 4.78 is 23.1. The van der Waals surface area contributed by atoms with Gasteiger partial charge in [0.05, 0.1) is 22.3 Å². The minimum atomic E-state index is -3.26. The lowest BCUT2D eigenvalue weighted by Gasteiger charge is -2.00. The van der Waals surface area contributed by atoms with E-state index in [2.05, 4.69) is 0 Å². The first kappa shape index (κ1) is 12.0. The molecule has 2 N–H and O–H groups in total. The smallest absolute Gasteiger partial charge is 0.180 e. The summed E-state index contributed by atoms with van der Waals surface area (Å²) in [6.07, 6.45) is 0. The number of hydrogen-bond acceptors (Lipinski definition) is 4. The molecule has 1 aromatic carbocycles. The fourth-order valence-corrected chi connectivity index (χ4v) is 3.31. The molecule has 0 fully saturated rings. The van der Waals surface area contributed by atoms with Gasteiger partial charge >= 0.3 is 0 Å². The Kier molecular flexibility index (Phi) is 3.05. The van der Waals surface area contributed by atoms with E-state index < -0.39 is 15.9 Å². The fourth-order valence-electron chi connectivity index (χ4n) is 1.60. The molecule has 0 spiro atoms. The number of rotatable bonds is 0. The predicted octanol–water partition coefficient (Wildman–Crippen LogP) is 0.767. The van der Waals surface area contributed by atoms with Crippen LogP contribution in [0.3, 0.4) is 0 Å². The third-order valence-corrected chi connectivity index (χ3v) is 4.10. The van der Waals surface area contributed by atoms with Gasteiger partial charge in [-0.2, -0.15) is 5.26 Å². The third kappa shape index (κ3) is 1.84. The van der Waals surface area contributed by atoms with Crippen molar-refractivity contribution in [2.24, 2.45) is 5.73 Å². The van der Waals surface area contributed by atoms with E-state index in [0.717, 1.165) is 0 Å². The molecular formula is C9H9ClN2O2S. The van der Waals surface area contributed by atoms with Gasteiger partial charge in [-0.1, -0.05) is 6.07 Å². The molecular weight excluding hydrogens is 236 g/mol. The number of sulfone groups is 1. The Hall–Kier alpha value is -1.09. The molecule has 0 saturated heterocycles. The number of fused-ring (bicyclic) bond motifs is 1. The van der Waals surface area contributed by atoms with Gasteiger partial charge in [0.15, 0.2) is 9.84 Å². The van der Waals surface area contributed by atoms with Crippen LogP contribution < -0.4 is 5.73 Å². The molecule has 0 radical (unpaired) electrons. The summed E-state index contributed by atoms with van der Waals surface area (Å²) in [7, 11) is -3.26. The van der Waals surface area contributed by atoms with Gasteiger partial charge in [-0.25, -0.2) is 8.42 Å². The minimum Gasteiger partial charge on any atom is -0.323 e. The van der Waals surface area contributed by atoms with Crippen LogP contribution in [-0.2, 0) is 9.84 Å². The van der Waals surface area contributed by atoms with Crippen molar-refractivity contribution < 1.29 is 8.42 Å². The molecule has 0 amide bonds. The normalized spacial score (nSPS) is 21.2. The zero-order valence-electron chi connectivity index (χ0n) is 7.67. The van der Waals surface area contributed by atoms with Crippen molar-refractivity contribution in [2.45, 2.75) is 10.9 Å². The van der Waals surface area contributed by atoms with Gasteiger partial charge in [-0.15, -0.1) is 12.4 Å². The molecule has 1 heterocycles. The van der Waals surface area contributed by atoms with Gasteiger partial charge < -0.3 is 5.73 Å². The Morgan fingerprint density at radius 3 is 2.73 bits per heavy atom. The van der Waals surface area contributed by atoms with Gasteiger partial charge in [0.25, 0.3) is 0 Å². The molecule has 0 bridgehead atoms. The molecule has 1 aromatic rings. The molecule has 6 heteroatoms. The minimum absolute atomic E-state index is 0. The van der Waals surface area contributed by atoms with E-state index in [4.69, 9.17) is 11.0 Å². The number of benzene rings is 1. The Labute approximate surface area is 94.0 Å². The summed E-state index contributed by atoms with van der Waals surface area (Å²) in [5, 5.41) is 8.63. The maximum absolute atomic E-state index is 11.5. The first-order valence-electron chi connectivity index (χ1n) is 4.07. The maximum atomic E-state index is 11.5. The molecule has 15 heavy (non-hydrogen) atoms. The first-order valence-corrected chi connectivity index (χ1v) is 5.72. The van der Waals surface area contributed by atoms with Crippen molar-refractivity contribution >= 4 is 22.2 Å². The van der Waals surface area contributed by atoms with Crippen LogP contribution >= 0.6 is 12.4 Å². The second-order valence-corrected chi connectivity index (χ2v) is 5.25. The molecule has 0 saturated carbocycles. The van der Waals surface area contributed by atoms with Crippen LogP contribution in [0.5, 0.6) is 0 Å². The van der Waals surface area contributed by atoms with Crippen LogP contribution in [0, 0.1) is 11.3 Å². The molecule has 2 rings (SSSR count). The highest BCUT2D eigenvalue weighted by Crippen LogP contribution is 2.32. The average Bonchev–Trinajstić information content (AvgIpc) is 2.37. The third-order valence-electron chi connectivity index (χ3n) is 2.28. The van der Waals surface area contributed by atoms with Crippen molar-refractivity contribution in [2.75, 3.05) is 5.75 Å². The van der Waals surface area contributed by atoms with Crippen LogP contribution in [-0.4, -0.2) is 14.2 Å². The number of nitrogens with zero attached hydrogens (tertiary/aromatic N) is 1. The Morgan fingerprint density at radius 1 is 1.47 bits per heavy atom. The molecule has 4 nitrogen and oxygen atoms in total. The molecule has 80 valence electrons. The summed E-state index contributed by atoms with van der Waals surface area (Å²) in [5.41, 5.74) is 6.61. The molecule has 0 aliphatic carbocycles. The second-order valence-electron chi connectivity index (χ2n) is 3.25. The monoisotopic (exact) mass is 244 g/mol. The molecule has 1 atom stereocenters. The molecule has 1 unspecified atom stereocenters. The van der Waals surface area contributed by atoms with E-state index in [1.54, 1.807) is 12.1 Å². The topological polar surface area (TPSA) is 84.0 Å². The zero-order valence-corrected chi connectivity index (χ0v) is 9.31. The summed E-state index contributed by atoms with van der Waals surface area (Å²) in [6, 6.07) is 6.03. The first-order chi connectivity index (χ1) is 6.54. The van der Waals surface area contributed by atoms with E-state index in [-0.39, 0.29) is 23.1 Å². The molecule has 1 aliphatic rings. The van der Waals surface area contributed by atoms with Crippen molar-refractivity contribution in [3.63, 3.8) is 0 Å². The van der Waals surface area contributed by atoms with Gasteiger partial charge in [0.1, 0.15) is 0 Å². The number of nitrogens with two attached hydrogens (primary N) is 1. The van der Waals surface area contributed by atoms with E-state index in [0.29, 0.717) is 11.1 Å². The summed E-state index contributed by atoms with van der Waals surface area (Å²) in [5.74, 6) is -0.0583. The van der Waals surface area contributed by atoms with E-state index >= 15 is 0 Å². The second kappa shape index (κ2) is 3.81. The zero-order chi connectivity index (χ0) is 10.3. The van der Waals surface area contributed by atoms with Crippen LogP contribution in [0.2, 0.25) is 0 Å². The SMILES string of the molecule is Cl.N#Cc1ccc2c(c1)S(=O)(=O)CC2N. The van der Waals surface area contributed by atoms with Crippen molar-refractivity contribution in [1.82, 2.24) is 0 Å². The highest BCUT2D eigenvalue weighted by atomic mass is 35.5. The van der Waals surface area contributed by atoms with Crippen molar-refractivity contribution in [3.05, 3.63) is 29.3 Å². The number of nitriles is 1. The number of hydrogen-bond donors (Lipinski definition) is 1. The summed E-state index contributed by atoms with van der Waals surface area (Å²) in [4.78, 5) is 0.212. The maximum Gasteiger partial charge on any atom is 0.180 e. The lowest BCUT2D eigenvalue weighted by Crippen LogP contribution is -2.11. The largest absolute Gasteiger partial charge is 0.323 e. The summed E-state index contributed by atoms with van der Waals surface area (Å²) in [6.45, 7) is 0. The standard InChI is InChI=1S/C9H8N2O2S.ClH/c10-4-6-1-2-7-8(11)5-14(12,13)9(7)3-6;/h1-3,8H,5,11H2;1H. The lowest BCUT2D eigenvalue weighted by molar-refractivity contribution is 0.598. The van der Waals surface area contributed by atoms with Crippen LogP contribution in [0.4, 0.5) is 0 Å². The van der Waals surface area contributed by atoms with E-state index in [1.807, 2.05) is 6.07 Å². The lowest BCUT2D eigenvalue weighted by atomic mass is 10.1. The van der Waals surface area contributed by atoms with Crippen molar-refractivity contribution in [1.29, 1.82) is 5.26 Å². The quantitative estimate of drug-likeness (QED) is 0.731. The van der Waals surface area contributed by atoms with Crippen LogP contribution in [0.25, 0.3) is 0 Å². The molecule has 0 aromatic heterocycles. The van der Waals surface area contributed by atoms with Gasteiger partial charge in [0, 0.05) is 6.04 Å². The van der Waals surface area contributed by atoms with Gasteiger partial charge in [-0.3, -0.25) is 0 Å². The van der Waals surface area contributed by atoms with E-state index in [9.17, 15) is 8.42 Å². The van der Waals surface area contributed by atoms with Crippen LogP contribution in [0.15, 0.2) is 23.1 Å². The predicted molar refractivity (Wildman–Crippen MR) is 57.4 cm³/mol. The molecule has 1 aliphatic heterocycles. The fraction of sp³-hybridized carbons (Fsp3) is 0.222. The Morgan fingerprint density at radius 2 is 2.13 bits per heavy atom. The van der Waals surface area contributed by atoms with Crippen molar-refractivity contribution in [3.8, 4) is 6.07 Å². The average molecular weight is 245 g/mol. The number of halogens is 1. The highest BCUT2D eigenvalue weighted by Gasteiger charge is 2.32. The summed E-state index contributed by atoms with van der Waals surface area (Å²) >= 11 is 0.